The summed E-state index contributed by atoms with van der Waals surface area (Å²) in [6, 6.07) is 7.14. The molecule has 0 bridgehead atoms. The van der Waals surface area contributed by atoms with Crippen LogP contribution in [-0.4, -0.2) is 22.5 Å². The van der Waals surface area contributed by atoms with Gasteiger partial charge in [0.05, 0.1) is 17.6 Å². The summed E-state index contributed by atoms with van der Waals surface area (Å²) < 4.78 is 5.18. The summed E-state index contributed by atoms with van der Waals surface area (Å²) in [5.74, 6) is 0.301. The molecule has 0 saturated carbocycles. The highest BCUT2D eigenvalue weighted by Gasteiger charge is 2.15. The molecule has 0 aliphatic rings. The standard InChI is InChI=1S/C18H18ClN3O2S/c1-4-8-24-17(23)12-6-5-7-13(9-12)20-15-14-10(2)11(3)25-16(14)22-18(19)21-15/h5-7,9H,4,8H2,1-3H3,(H,20,21,22). The number of thiophene rings is 1. The van der Waals surface area contributed by atoms with Crippen LogP contribution in [0, 0.1) is 13.8 Å². The van der Waals surface area contributed by atoms with E-state index in [1.54, 1.807) is 29.5 Å². The number of aromatic nitrogens is 2. The Morgan fingerprint density at radius 3 is 2.88 bits per heavy atom. The molecule has 2 heterocycles. The Morgan fingerprint density at radius 2 is 2.12 bits per heavy atom. The summed E-state index contributed by atoms with van der Waals surface area (Å²) in [7, 11) is 0. The van der Waals surface area contributed by atoms with E-state index in [1.807, 2.05) is 26.8 Å². The zero-order valence-corrected chi connectivity index (χ0v) is 15.8. The Labute approximate surface area is 155 Å². The van der Waals surface area contributed by atoms with Crippen LogP contribution in [0.15, 0.2) is 24.3 Å². The fourth-order valence-corrected chi connectivity index (χ4v) is 3.70. The molecule has 5 nitrogen and oxygen atoms in total. The minimum absolute atomic E-state index is 0.190. The Kier molecular flexibility index (Phi) is 5.20. The van der Waals surface area contributed by atoms with Gasteiger partial charge in [0.2, 0.25) is 5.28 Å². The monoisotopic (exact) mass is 375 g/mol. The number of nitrogens with zero attached hydrogens (tertiary/aromatic N) is 2. The van der Waals surface area contributed by atoms with Gasteiger partial charge in [0, 0.05) is 10.6 Å². The first-order valence-corrected chi connectivity index (χ1v) is 9.16. The highest BCUT2D eigenvalue weighted by molar-refractivity contribution is 7.18. The average Bonchev–Trinajstić information content (AvgIpc) is 2.87. The van der Waals surface area contributed by atoms with E-state index in [-0.39, 0.29) is 11.3 Å². The zero-order valence-electron chi connectivity index (χ0n) is 14.2. The van der Waals surface area contributed by atoms with Crippen LogP contribution in [0.5, 0.6) is 0 Å². The molecule has 0 saturated heterocycles. The summed E-state index contributed by atoms with van der Waals surface area (Å²) in [5, 5.41) is 4.40. The van der Waals surface area contributed by atoms with Crippen LogP contribution in [-0.2, 0) is 4.74 Å². The van der Waals surface area contributed by atoms with Gasteiger partial charge in [-0.1, -0.05) is 13.0 Å². The van der Waals surface area contributed by atoms with Crippen molar-refractivity contribution >= 4 is 50.6 Å². The fourth-order valence-electron chi connectivity index (χ4n) is 2.45. The number of ether oxygens (including phenoxy) is 1. The highest BCUT2D eigenvalue weighted by Crippen LogP contribution is 2.35. The van der Waals surface area contributed by atoms with Crippen LogP contribution in [0.4, 0.5) is 11.5 Å². The number of fused-ring (bicyclic) bond motifs is 1. The lowest BCUT2D eigenvalue weighted by atomic mass is 10.2. The first-order valence-electron chi connectivity index (χ1n) is 7.97. The number of esters is 1. The SMILES string of the molecule is CCCOC(=O)c1cccc(Nc2nc(Cl)nc3sc(C)c(C)c23)c1. The number of aryl methyl sites for hydroxylation is 2. The second-order valence-corrected chi connectivity index (χ2v) is 7.19. The van der Waals surface area contributed by atoms with E-state index in [1.165, 1.54) is 4.88 Å². The van der Waals surface area contributed by atoms with Crippen molar-refractivity contribution < 1.29 is 9.53 Å². The number of carbonyl (C=O) groups is 1. The van der Waals surface area contributed by atoms with Crippen LogP contribution in [0.25, 0.3) is 10.2 Å². The van der Waals surface area contributed by atoms with Gasteiger partial charge in [-0.3, -0.25) is 0 Å². The minimum Gasteiger partial charge on any atom is -0.462 e. The number of halogens is 1. The smallest absolute Gasteiger partial charge is 0.338 e. The normalized spacial score (nSPS) is 10.9. The van der Waals surface area contributed by atoms with Crippen molar-refractivity contribution in [1.29, 1.82) is 0 Å². The summed E-state index contributed by atoms with van der Waals surface area (Å²) in [4.78, 5) is 22.7. The Hall–Kier alpha value is -2.18. The zero-order chi connectivity index (χ0) is 18.0. The van der Waals surface area contributed by atoms with Crippen LogP contribution in [0.3, 0.4) is 0 Å². The van der Waals surface area contributed by atoms with Crippen LogP contribution >= 0.6 is 22.9 Å². The molecule has 3 rings (SSSR count). The topological polar surface area (TPSA) is 64.1 Å². The number of anilines is 2. The van der Waals surface area contributed by atoms with Gasteiger partial charge in [-0.25, -0.2) is 9.78 Å². The lowest BCUT2D eigenvalue weighted by molar-refractivity contribution is 0.0505. The molecular formula is C18H18ClN3O2S. The van der Waals surface area contributed by atoms with Crippen molar-refractivity contribution in [1.82, 2.24) is 9.97 Å². The van der Waals surface area contributed by atoms with Crippen molar-refractivity contribution in [3.05, 3.63) is 45.6 Å². The number of hydrogen-bond donors (Lipinski definition) is 1. The number of nitrogens with one attached hydrogen (secondary N) is 1. The third-order valence-electron chi connectivity index (χ3n) is 3.80. The molecule has 0 radical (unpaired) electrons. The van der Waals surface area contributed by atoms with E-state index in [9.17, 15) is 4.79 Å². The molecule has 25 heavy (non-hydrogen) atoms. The van der Waals surface area contributed by atoms with Gasteiger partial charge in [0.15, 0.2) is 0 Å². The molecule has 0 spiro atoms. The second-order valence-electron chi connectivity index (χ2n) is 5.65. The van der Waals surface area contributed by atoms with Crippen LogP contribution in [0.1, 0.15) is 34.1 Å². The fraction of sp³-hybridized carbons (Fsp3) is 0.278. The summed E-state index contributed by atoms with van der Waals surface area (Å²) >= 11 is 7.65. The van der Waals surface area contributed by atoms with Gasteiger partial charge in [0.25, 0.3) is 0 Å². The number of hydrogen-bond acceptors (Lipinski definition) is 6. The average molecular weight is 376 g/mol. The van der Waals surface area contributed by atoms with Gasteiger partial charge < -0.3 is 10.1 Å². The molecule has 0 unspecified atom stereocenters. The maximum atomic E-state index is 12.0. The first-order chi connectivity index (χ1) is 12.0. The molecule has 0 aliphatic carbocycles. The summed E-state index contributed by atoms with van der Waals surface area (Å²) in [6.07, 6.45) is 0.790. The summed E-state index contributed by atoms with van der Waals surface area (Å²) in [6.45, 7) is 6.45. The third-order valence-corrected chi connectivity index (χ3v) is 5.07. The molecule has 0 fully saturated rings. The van der Waals surface area contributed by atoms with E-state index in [4.69, 9.17) is 16.3 Å². The predicted octanol–water partition coefficient (Wildman–Crippen LogP) is 5.27. The Balaban J connectivity index is 1.95. The lowest BCUT2D eigenvalue weighted by Gasteiger charge is -2.10. The molecule has 130 valence electrons. The molecular weight excluding hydrogens is 358 g/mol. The van der Waals surface area contributed by atoms with E-state index >= 15 is 0 Å². The van der Waals surface area contributed by atoms with Gasteiger partial charge in [-0.05, 0) is 55.6 Å². The Morgan fingerprint density at radius 1 is 1.32 bits per heavy atom. The molecule has 0 atom stereocenters. The first kappa shape index (κ1) is 17.6. The van der Waals surface area contributed by atoms with Gasteiger partial charge >= 0.3 is 5.97 Å². The van der Waals surface area contributed by atoms with Crippen molar-refractivity contribution in [2.45, 2.75) is 27.2 Å². The van der Waals surface area contributed by atoms with Gasteiger partial charge in [-0.2, -0.15) is 4.98 Å². The molecule has 1 N–H and O–H groups in total. The van der Waals surface area contributed by atoms with Gasteiger partial charge in [-0.15, -0.1) is 11.3 Å². The van der Waals surface area contributed by atoms with Crippen molar-refractivity contribution in [3.63, 3.8) is 0 Å². The highest BCUT2D eigenvalue weighted by atomic mass is 35.5. The number of rotatable bonds is 5. The van der Waals surface area contributed by atoms with Crippen molar-refractivity contribution in [2.75, 3.05) is 11.9 Å². The Bertz CT molecular complexity index is 939. The van der Waals surface area contributed by atoms with Crippen LogP contribution in [0.2, 0.25) is 5.28 Å². The lowest BCUT2D eigenvalue weighted by Crippen LogP contribution is -2.06. The van der Waals surface area contributed by atoms with E-state index in [0.717, 1.165) is 27.9 Å². The molecule has 3 aromatic rings. The molecule has 7 heteroatoms. The largest absolute Gasteiger partial charge is 0.462 e. The number of benzene rings is 1. The van der Waals surface area contributed by atoms with Crippen molar-refractivity contribution in [3.8, 4) is 0 Å². The predicted molar refractivity (Wildman–Crippen MR) is 102 cm³/mol. The van der Waals surface area contributed by atoms with Crippen LogP contribution < -0.4 is 5.32 Å². The second kappa shape index (κ2) is 7.37. The molecule has 0 aliphatic heterocycles. The van der Waals surface area contributed by atoms with Crippen molar-refractivity contribution in [2.24, 2.45) is 0 Å². The quantitative estimate of drug-likeness (QED) is 0.486. The maximum Gasteiger partial charge on any atom is 0.338 e. The summed E-state index contributed by atoms with van der Waals surface area (Å²) in [5.41, 5.74) is 2.36. The van der Waals surface area contributed by atoms with E-state index in [2.05, 4.69) is 15.3 Å². The van der Waals surface area contributed by atoms with E-state index < -0.39 is 0 Å². The number of carbonyl (C=O) groups excluding carboxylic acids is 1. The molecule has 2 aromatic heterocycles. The minimum atomic E-state index is -0.334. The van der Waals surface area contributed by atoms with Gasteiger partial charge in [0.1, 0.15) is 10.6 Å². The molecule has 0 amide bonds. The third kappa shape index (κ3) is 3.75. The molecule has 1 aromatic carbocycles. The van der Waals surface area contributed by atoms with E-state index in [0.29, 0.717) is 18.0 Å². The maximum absolute atomic E-state index is 12.0.